The summed E-state index contributed by atoms with van der Waals surface area (Å²) in [5.74, 6) is 0.678. The van der Waals surface area contributed by atoms with Gasteiger partial charge in [0.2, 0.25) is 0 Å². The molecule has 0 aromatic carbocycles. The number of nitrogens with zero attached hydrogens (tertiary/aromatic N) is 1. The van der Waals surface area contributed by atoms with E-state index in [-0.39, 0.29) is 0 Å². The summed E-state index contributed by atoms with van der Waals surface area (Å²) in [5.41, 5.74) is 2.79. The van der Waals surface area contributed by atoms with Crippen LogP contribution < -0.4 is 0 Å². The first-order chi connectivity index (χ1) is 5.81. The van der Waals surface area contributed by atoms with E-state index < -0.39 is 0 Å². The minimum absolute atomic E-state index is 0.678. The lowest BCUT2D eigenvalue weighted by molar-refractivity contribution is 0.112. The van der Waals surface area contributed by atoms with Gasteiger partial charge in [0, 0.05) is 17.5 Å². The van der Waals surface area contributed by atoms with E-state index in [1.54, 1.807) is 0 Å². The van der Waals surface area contributed by atoms with Crippen molar-refractivity contribution in [3.8, 4) is 0 Å². The summed E-state index contributed by atoms with van der Waals surface area (Å²) < 4.78 is 0. The largest absolute Gasteiger partial charge is 0.298 e. The maximum atomic E-state index is 10.6. The summed E-state index contributed by atoms with van der Waals surface area (Å²) >= 11 is 0. The Hall–Kier alpha value is -1.18. The summed E-state index contributed by atoms with van der Waals surface area (Å²) in [5, 5.41) is 0. The van der Waals surface area contributed by atoms with Crippen LogP contribution in [-0.4, -0.2) is 11.3 Å². The number of carbonyl (C=O) groups is 1. The summed E-state index contributed by atoms with van der Waals surface area (Å²) in [7, 11) is 0. The molecule has 12 heavy (non-hydrogen) atoms. The topological polar surface area (TPSA) is 30.0 Å². The molecule has 2 nitrogen and oxygen atoms in total. The summed E-state index contributed by atoms with van der Waals surface area (Å²) in [6, 6.07) is 1.97. The molecular weight excluding hydrogens is 150 g/mol. The van der Waals surface area contributed by atoms with Gasteiger partial charge in [-0.05, 0) is 37.3 Å². The molecule has 0 N–H and O–H groups in total. The Labute approximate surface area is 71.6 Å². The Morgan fingerprint density at radius 3 is 2.92 bits per heavy atom. The van der Waals surface area contributed by atoms with Gasteiger partial charge in [0.25, 0.3) is 0 Å². The maximum absolute atomic E-state index is 10.6. The average Bonchev–Trinajstić information content (AvgIpc) is 2.88. The minimum Gasteiger partial charge on any atom is -0.298 e. The molecule has 62 valence electrons. The van der Waals surface area contributed by atoms with Crippen LogP contribution in [0.5, 0.6) is 0 Å². The van der Waals surface area contributed by atoms with Crippen LogP contribution >= 0.6 is 0 Å². The molecule has 0 bridgehead atoms. The number of carbonyl (C=O) groups excluding carboxylic acids is 1. The molecule has 0 spiro atoms. The molecule has 1 fully saturated rings. The molecule has 2 heteroatoms. The molecule has 0 radical (unpaired) electrons. The molecule has 1 aliphatic rings. The fourth-order valence-electron chi connectivity index (χ4n) is 1.33. The lowest BCUT2D eigenvalue weighted by atomic mass is 10.1. The Morgan fingerprint density at radius 2 is 2.33 bits per heavy atom. The fourth-order valence-corrected chi connectivity index (χ4v) is 1.33. The van der Waals surface area contributed by atoms with Crippen molar-refractivity contribution in [2.24, 2.45) is 0 Å². The van der Waals surface area contributed by atoms with Gasteiger partial charge in [0.1, 0.15) is 0 Å². The highest BCUT2D eigenvalue weighted by atomic mass is 16.1. The predicted molar refractivity (Wildman–Crippen MR) is 46.3 cm³/mol. The van der Waals surface area contributed by atoms with Gasteiger partial charge in [-0.1, -0.05) is 0 Å². The number of hydrogen-bond donors (Lipinski definition) is 0. The Bertz CT molecular complexity index is 316. The standard InChI is InChI=1S/C10H11NO/c1-7-10(6-12)4-9(5-11-7)8-2-3-8/h4-6,8H,2-3H2,1H3. The first-order valence-electron chi connectivity index (χ1n) is 4.23. The molecule has 0 atom stereocenters. The summed E-state index contributed by atoms with van der Waals surface area (Å²) in [4.78, 5) is 14.8. The number of hydrogen-bond acceptors (Lipinski definition) is 2. The molecule has 0 aliphatic heterocycles. The van der Waals surface area contributed by atoms with Gasteiger partial charge in [-0.2, -0.15) is 0 Å². The van der Waals surface area contributed by atoms with Crippen molar-refractivity contribution in [3.63, 3.8) is 0 Å². The quantitative estimate of drug-likeness (QED) is 0.621. The molecular formula is C10H11NO. The number of aromatic nitrogens is 1. The van der Waals surface area contributed by atoms with Gasteiger partial charge in [-0.15, -0.1) is 0 Å². The number of rotatable bonds is 2. The van der Waals surface area contributed by atoms with Gasteiger partial charge in [0.05, 0.1) is 0 Å². The second-order valence-electron chi connectivity index (χ2n) is 3.34. The predicted octanol–water partition coefficient (Wildman–Crippen LogP) is 2.08. The Kier molecular flexibility index (Phi) is 1.68. The van der Waals surface area contributed by atoms with Crippen LogP contribution in [0.15, 0.2) is 12.3 Å². The molecule has 1 saturated carbocycles. The summed E-state index contributed by atoms with van der Waals surface area (Å²) in [6.45, 7) is 1.86. The van der Waals surface area contributed by atoms with Crippen molar-refractivity contribution in [2.75, 3.05) is 0 Å². The van der Waals surface area contributed by atoms with Crippen LogP contribution in [0.25, 0.3) is 0 Å². The third-order valence-corrected chi connectivity index (χ3v) is 2.32. The number of aryl methyl sites for hydroxylation is 1. The van der Waals surface area contributed by atoms with Gasteiger partial charge in [-0.25, -0.2) is 0 Å². The van der Waals surface area contributed by atoms with E-state index in [4.69, 9.17) is 0 Å². The first-order valence-corrected chi connectivity index (χ1v) is 4.23. The third-order valence-electron chi connectivity index (χ3n) is 2.32. The minimum atomic E-state index is 0.678. The van der Waals surface area contributed by atoms with Crippen molar-refractivity contribution in [2.45, 2.75) is 25.7 Å². The van der Waals surface area contributed by atoms with Crippen molar-refractivity contribution in [3.05, 3.63) is 29.1 Å². The van der Waals surface area contributed by atoms with Crippen LogP contribution in [0.1, 0.15) is 40.4 Å². The molecule has 1 aliphatic carbocycles. The van der Waals surface area contributed by atoms with Crippen LogP contribution in [0.4, 0.5) is 0 Å². The third kappa shape index (κ3) is 1.24. The zero-order valence-electron chi connectivity index (χ0n) is 7.08. The van der Waals surface area contributed by atoms with E-state index >= 15 is 0 Å². The SMILES string of the molecule is Cc1ncc(C2CC2)cc1C=O. The van der Waals surface area contributed by atoms with E-state index in [0.717, 1.165) is 17.5 Å². The van der Waals surface area contributed by atoms with Crippen LogP contribution in [0, 0.1) is 6.92 Å². The average molecular weight is 161 g/mol. The zero-order chi connectivity index (χ0) is 8.55. The highest BCUT2D eigenvalue weighted by molar-refractivity contribution is 5.76. The highest BCUT2D eigenvalue weighted by Crippen LogP contribution is 2.39. The van der Waals surface area contributed by atoms with Gasteiger partial charge >= 0.3 is 0 Å². The molecule has 0 unspecified atom stereocenters. The Morgan fingerprint density at radius 1 is 1.58 bits per heavy atom. The molecule has 0 saturated heterocycles. The normalized spacial score (nSPS) is 16.1. The van der Waals surface area contributed by atoms with Gasteiger partial charge < -0.3 is 0 Å². The van der Waals surface area contributed by atoms with Crippen LogP contribution in [-0.2, 0) is 0 Å². The first kappa shape index (κ1) is 7.47. The molecule has 1 heterocycles. The van der Waals surface area contributed by atoms with Crippen LogP contribution in [0.2, 0.25) is 0 Å². The molecule has 0 amide bonds. The van der Waals surface area contributed by atoms with E-state index in [1.807, 2.05) is 19.2 Å². The lowest BCUT2D eigenvalue weighted by Gasteiger charge is -2.00. The number of pyridine rings is 1. The maximum Gasteiger partial charge on any atom is 0.151 e. The summed E-state index contributed by atoms with van der Waals surface area (Å²) in [6.07, 6.45) is 5.28. The second-order valence-corrected chi connectivity index (χ2v) is 3.34. The van der Waals surface area contributed by atoms with Crippen molar-refractivity contribution in [1.29, 1.82) is 0 Å². The monoisotopic (exact) mass is 161 g/mol. The highest BCUT2D eigenvalue weighted by Gasteiger charge is 2.24. The van der Waals surface area contributed by atoms with Crippen LogP contribution in [0.3, 0.4) is 0 Å². The van der Waals surface area contributed by atoms with E-state index in [9.17, 15) is 4.79 Å². The van der Waals surface area contributed by atoms with Gasteiger partial charge in [-0.3, -0.25) is 9.78 Å². The smallest absolute Gasteiger partial charge is 0.151 e. The Balaban J connectivity index is 2.39. The molecule has 1 aromatic heterocycles. The fraction of sp³-hybridized carbons (Fsp3) is 0.400. The van der Waals surface area contributed by atoms with Crippen molar-refractivity contribution < 1.29 is 4.79 Å². The van der Waals surface area contributed by atoms with E-state index in [0.29, 0.717) is 5.92 Å². The second kappa shape index (κ2) is 2.70. The number of aldehydes is 1. The van der Waals surface area contributed by atoms with E-state index in [2.05, 4.69) is 4.98 Å². The van der Waals surface area contributed by atoms with E-state index in [1.165, 1.54) is 18.4 Å². The molecule has 1 aromatic rings. The lowest BCUT2D eigenvalue weighted by Crippen LogP contribution is -1.92. The van der Waals surface area contributed by atoms with Gasteiger partial charge in [0.15, 0.2) is 6.29 Å². The molecule has 2 rings (SSSR count). The van der Waals surface area contributed by atoms with Crippen molar-refractivity contribution in [1.82, 2.24) is 4.98 Å². The zero-order valence-corrected chi connectivity index (χ0v) is 7.08. The van der Waals surface area contributed by atoms with Crippen molar-refractivity contribution >= 4 is 6.29 Å².